The average Bonchev–Trinajstić information content (AvgIpc) is 2.67. The lowest BCUT2D eigenvalue weighted by molar-refractivity contribution is -0.139. The van der Waals surface area contributed by atoms with Crippen molar-refractivity contribution in [3.63, 3.8) is 0 Å². The molecule has 0 saturated heterocycles. The van der Waals surface area contributed by atoms with Crippen LogP contribution in [0.4, 0.5) is 18.9 Å². The summed E-state index contributed by atoms with van der Waals surface area (Å²) in [5.41, 5.74) is 3.28. The topological polar surface area (TPSA) is 122 Å². The lowest BCUT2D eigenvalue weighted by Crippen LogP contribution is -2.26. The van der Waals surface area contributed by atoms with Gasteiger partial charge in [-0.25, -0.2) is 13.1 Å². The molecule has 0 fully saturated rings. The number of sulfonamides is 2. The largest absolute Gasteiger partial charge is 0.417 e. The van der Waals surface area contributed by atoms with Crippen LogP contribution in [0.25, 0.3) is 0 Å². The van der Waals surface area contributed by atoms with E-state index in [1.54, 1.807) is 0 Å². The maximum Gasteiger partial charge on any atom is 0.417 e. The smallest absolute Gasteiger partial charge is 0.398 e. The maximum absolute atomic E-state index is 13.4. The molecule has 13 heteroatoms. The first kappa shape index (κ1) is 28.2. The SMILES string of the molecule is CCCCCCCCCNS(=O)(=O)c1cc(S(=O)(=O)/N=C/N(C)C)c(C(F)(F)F)cc1N. The summed E-state index contributed by atoms with van der Waals surface area (Å²) >= 11 is 0. The molecule has 0 aliphatic heterocycles. The third-order valence-electron chi connectivity index (χ3n) is 4.47. The average molecular weight is 501 g/mol. The van der Waals surface area contributed by atoms with Crippen LogP contribution in [0.2, 0.25) is 0 Å². The third kappa shape index (κ3) is 8.58. The molecule has 0 aliphatic rings. The first-order valence-electron chi connectivity index (χ1n) is 10.2. The molecule has 0 aliphatic carbocycles. The van der Waals surface area contributed by atoms with Gasteiger partial charge in [-0.05, 0) is 18.6 Å². The number of anilines is 1. The molecule has 0 unspecified atom stereocenters. The van der Waals surface area contributed by atoms with Crippen molar-refractivity contribution in [2.45, 2.75) is 67.8 Å². The van der Waals surface area contributed by atoms with Crippen LogP contribution in [-0.4, -0.2) is 48.7 Å². The number of benzene rings is 1. The van der Waals surface area contributed by atoms with Gasteiger partial charge in [0.05, 0.1) is 11.3 Å². The molecule has 1 aromatic carbocycles. The predicted octanol–water partition coefficient (Wildman–Crippen LogP) is 3.60. The normalized spacial score (nSPS) is 13.1. The number of unbranched alkanes of at least 4 members (excludes halogenated alkanes) is 6. The van der Waals surface area contributed by atoms with Gasteiger partial charge < -0.3 is 10.6 Å². The summed E-state index contributed by atoms with van der Waals surface area (Å²) in [7, 11) is -6.33. The Balaban J connectivity index is 3.15. The van der Waals surface area contributed by atoms with Gasteiger partial charge in [-0.3, -0.25) is 0 Å². The molecule has 0 radical (unpaired) electrons. The highest BCUT2D eigenvalue weighted by atomic mass is 32.2. The first-order valence-corrected chi connectivity index (χ1v) is 13.1. The van der Waals surface area contributed by atoms with E-state index in [0.717, 1.165) is 44.9 Å². The second-order valence-corrected chi connectivity index (χ2v) is 10.9. The van der Waals surface area contributed by atoms with Crippen molar-refractivity contribution in [1.82, 2.24) is 9.62 Å². The summed E-state index contributed by atoms with van der Waals surface area (Å²) in [6, 6.07) is 0.716. The number of hydrogen-bond donors (Lipinski definition) is 2. The Morgan fingerprint density at radius 2 is 1.56 bits per heavy atom. The van der Waals surface area contributed by atoms with Gasteiger partial charge in [0.2, 0.25) is 10.0 Å². The first-order chi connectivity index (χ1) is 14.7. The van der Waals surface area contributed by atoms with E-state index < -0.39 is 47.3 Å². The van der Waals surface area contributed by atoms with Crippen molar-refractivity contribution in [2.24, 2.45) is 4.40 Å². The van der Waals surface area contributed by atoms with Crippen molar-refractivity contribution >= 4 is 32.1 Å². The maximum atomic E-state index is 13.4. The van der Waals surface area contributed by atoms with Crippen LogP contribution in [-0.2, 0) is 26.2 Å². The fourth-order valence-electron chi connectivity index (χ4n) is 2.83. The van der Waals surface area contributed by atoms with Crippen LogP contribution in [0.15, 0.2) is 26.3 Å². The van der Waals surface area contributed by atoms with Gasteiger partial charge in [-0.1, -0.05) is 45.4 Å². The zero-order valence-electron chi connectivity index (χ0n) is 18.4. The van der Waals surface area contributed by atoms with Gasteiger partial charge in [0.15, 0.2) is 0 Å². The molecular formula is C19H31F3N4O4S2. The molecule has 184 valence electrons. The minimum atomic E-state index is -5.09. The minimum Gasteiger partial charge on any atom is -0.398 e. The predicted molar refractivity (Wildman–Crippen MR) is 118 cm³/mol. The lowest BCUT2D eigenvalue weighted by Gasteiger charge is -2.16. The summed E-state index contributed by atoms with van der Waals surface area (Å²) < 4.78 is 95.9. The molecule has 0 amide bonds. The van der Waals surface area contributed by atoms with Crippen LogP contribution < -0.4 is 10.5 Å². The molecule has 1 aromatic rings. The van der Waals surface area contributed by atoms with Crippen molar-refractivity contribution in [3.05, 3.63) is 17.7 Å². The number of nitrogens with two attached hydrogens (primary N) is 1. The Morgan fingerprint density at radius 1 is 1.00 bits per heavy atom. The molecular weight excluding hydrogens is 469 g/mol. The molecule has 0 aromatic heterocycles. The number of hydrogen-bond acceptors (Lipinski definition) is 5. The molecule has 0 spiro atoms. The molecule has 3 N–H and O–H groups in total. The van der Waals surface area contributed by atoms with Gasteiger partial charge in [0, 0.05) is 20.6 Å². The van der Waals surface area contributed by atoms with E-state index in [0.29, 0.717) is 18.6 Å². The third-order valence-corrected chi connectivity index (χ3v) is 7.26. The van der Waals surface area contributed by atoms with E-state index in [1.165, 1.54) is 19.0 Å². The summed E-state index contributed by atoms with van der Waals surface area (Å²) in [6.07, 6.45) is 2.39. The number of nitrogens with zero attached hydrogens (tertiary/aromatic N) is 2. The Bertz CT molecular complexity index is 993. The summed E-state index contributed by atoms with van der Waals surface area (Å²) in [6.45, 7) is 2.16. The van der Waals surface area contributed by atoms with Gasteiger partial charge in [0.1, 0.15) is 16.1 Å². The summed E-state index contributed by atoms with van der Waals surface area (Å²) in [4.78, 5) is -0.815. The number of nitrogens with one attached hydrogen (secondary N) is 1. The number of nitrogen functional groups attached to an aromatic ring is 1. The second-order valence-electron chi connectivity index (χ2n) is 7.56. The monoisotopic (exact) mass is 500 g/mol. The molecule has 8 nitrogen and oxygen atoms in total. The van der Waals surface area contributed by atoms with Crippen molar-refractivity contribution in [3.8, 4) is 0 Å². The van der Waals surface area contributed by atoms with Gasteiger partial charge in [-0.15, -0.1) is 4.40 Å². The Kier molecular flexibility index (Phi) is 10.4. The van der Waals surface area contributed by atoms with Crippen molar-refractivity contribution < 1.29 is 30.0 Å². The van der Waals surface area contributed by atoms with Crippen LogP contribution in [0.5, 0.6) is 0 Å². The highest BCUT2D eigenvalue weighted by Crippen LogP contribution is 2.38. The highest BCUT2D eigenvalue weighted by molar-refractivity contribution is 7.90. The molecule has 0 heterocycles. The van der Waals surface area contributed by atoms with Crippen LogP contribution in [0.1, 0.15) is 57.4 Å². The molecule has 0 bridgehead atoms. The zero-order valence-corrected chi connectivity index (χ0v) is 20.1. The summed E-state index contributed by atoms with van der Waals surface area (Å²) in [5, 5.41) is 0. The van der Waals surface area contributed by atoms with Crippen molar-refractivity contribution in [2.75, 3.05) is 26.4 Å². The minimum absolute atomic E-state index is 0.0530. The van der Waals surface area contributed by atoms with Gasteiger partial charge in [-0.2, -0.15) is 21.6 Å². The fraction of sp³-hybridized carbons (Fsp3) is 0.632. The Hall–Kier alpha value is -1.86. The van der Waals surface area contributed by atoms with E-state index in [-0.39, 0.29) is 6.54 Å². The lowest BCUT2D eigenvalue weighted by atomic mass is 10.1. The fourth-order valence-corrected chi connectivity index (χ4v) is 5.26. The van der Waals surface area contributed by atoms with E-state index in [2.05, 4.69) is 16.0 Å². The number of rotatable bonds is 13. The number of halogens is 3. The van der Waals surface area contributed by atoms with Gasteiger partial charge >= 0.3 is 6.18 Å². The Morgan fingerprint density at radius 3 is 2.09 bits per heavy atom. The second kappa shape index (κ2) is 11.8. The molecule has 0 saturated carbocycles. The van der Waals surface area contributed by atoms with Crippen molar-refractivity contribution in [1.29, 1.82) is 0 Å². The van der Waals surface area contributed by atoms with E-state index in [9.17, 15) is 30.0 Å². The zero-order chi connectivity index (χ0) is 24.6. The van der Waals surface area contributed by atoms with E-state index in [4.69, 9.17) is 5.73 Å². The van der Waals surface area contributed by atoms with Gasteiger partial charge in [0.25, 0.3) is 10.0 Å². The van der Waals surface area contributed by atoms with Crippen LogP contribution in [0.3, 0.4) is 0 Å². The Labute approximate surface area is 188 Å². The number of alkyl halides is 3. The molecule has 32 heavy (non-hydrogen) atoms. The molecule has 0 atom stereocenters. The standard InChI is InChI=1S/C19H31F3N4O4S2/c1-4-5-6-7-8-9-10-11-24-32(29,30)18-13-17(31(27,28)25-14-26(2)3)15(12-16(18)23)19(20,21)22/h12-14,24H,4-11,23H2,1-3H3/b25-14+. The van der Waals surface area contributed by atoms with Crippen LogP contribution in [0, 0.1) is 0 Å². The quantitative estimate of drug-likeness (QED) is 0.185. The summed E-state index contributed by atoms with van der Waals surface area (Å²) in [5.74, 6) is 0. The molecule has 1 rings (SSSR count). The van der Waals surface area contributed by atoms with E-state index >= 15 is 0 Å². The highest BCUT2D eigenvalue weighted by Gasteiger charge is 2.39. The van der Waals surface area contributed by atoms with E-state index in [1.807, 2.05) is 0 Å². The van der Waals surface area contributed by atoms with Crippen LogP contribution >= 0.6 is 0 Å².